The van der Waals surface area contributed by atoms with Crippen LogP contribution in [0.5, 0.6) is 11.5 Å². The first-order chi connectivity index (χ1) is 12.3. The zero-order valence-electron chi connectivity index (χ0n) is 13.9. The van der Waals surface area contributed by atoms with Crippen molar-refractivity contribution in [1.29, 1.82) is 0 Å². The molecular weight excluding hydrogens is 338 g/mol. The quantitative estimate of drug-likeness (QED) is 0.881. The number of nitrogens with zero attached hydrogens (tertiary/aromatic N) is 1. The minimum atomic E-state index is -0.179. The van der Waals surface area contributed by atoms with Gasteiger partial charge < -0.3 is 14.8 Å². The second-order valence-corrected chi connectivity index (χ2v) is 7.32. The Morgan fingerprint density at radius 2 is 2.00 bits per heavy atom. The molecule has 2 aliphatic heterocycles. The molecule has 0 aliphatic carbocycles. The van der Waals surface area contributed by atoms with Crippen LogP contribution in [0.3, 0.4) is 0 Å². The molecular formula is C18H21N3O3S. The fraction of sp³-hybridized carbons (Fsp3) is 0.444. The molecule has 7 heteroatoms. The van der Waals surface area contributed by atoms with Gasteiger partial charge in [0.25, 0.3) is 5.91 Å². The second-order valence-electron chi connectivity index (χ2n) is 6.26. The van der Waals surface area contributed by atoms with Crippen LogP contribution in [0, 0.1) is 0 Å². The maximum absolute atomic E-state index is 12.5. The number of nitrogens with one attached hydrogen (secondary N) is 2. The normalized spacial score (nSPS) is 17.8. The van der Waals surface area contributed by atoms with Crippen LogP contribution in [-0.4, -0.2) is 37.2 Å². The van der Waals surface area contributed by atoms with E-state index in [-0.39, 0.29) is 5.91 Å². The number of fused-ring (bicyclic) bond motifs is 1. The summed E-state index contributed by atoms with van der Waals surface area (Å²) in [6.45, 7) is 3.32. The molecule has 132 valence electrons. The largest absolute Gasteiger partial charge is 0.490 e. The summed E-state index contributed by atoms with van der Waals surface area (Å²) in [6, 6.07) is 5.28. The molecule has 0 spiro atoms. The molecule has 2 aliphatic rings. The molecule has 4 rings (SSSR count). The lowest BCUT2D eigenvalue weighted by molar-refractivity contribution is 0.102. The first-order valence-corrected chi connectivity index (χ1v) is 9.49. The molecule has 1 fully saturated rings. The van der Waals surface area contributed by atoms with Crippen molar-refractivity contribution in [3.05, 3.63) is 34.8 Å². The standard InChI is InChI=1S/C18H21N3O3S/c22-17(13-2-3-14-15(10-13)24-9-1-8-23-14)21-18-20-11-16(25-18)12-4-6-19-7-5-12/h2-3,10-12,19H,1,4-9H2,(H,20,21,22). The maximum Gasteiger partial charge on any atom is 0.257 e. The number of piperidine rings is 1. The van der Waals surface area contributed by atoms with E-state index in [1.807, 2.05) is 6.20 Å². The summed E-state index contributed by atoms with van der Waals surface area (Å²) in [5.41, 5.74) is 0.544. The van der Waals surface area contributed by atoms with Crippen LogP contribution in [0.25, 0.3) is 0 Å². The van der Waals surface area contributed by atoms with E-state index in [0.717, 1.165) is 32.4 Å². The van der Waals surface area contributed by atoms with Gasteiger partial charge in [-0.25, -0.2) is 4.98 Å². The molecule has 0 atom stereocenters. The van der Waals surface area contributed by atoms with Gasteiger partial charge in [0.2, 0.25) is 0 Å². The predicted octanol–water partition coefficient (Wildman–Crippen LogP) is 3.02. The van der Waals surface area contributed by atoms with Gasteiger partial charge in [-0.15, -0.1) is 11.3 Å². The van der Waals surface area contributed by atoms with E-state index in [1.165, 1.54) is 4.88 Å². The molecule has 0 unspecified atom stereocenters. The van der Waals surface area contributed by atoms with Crippen molar-refractivity contribution in [1.82, 2.24) is 10.3 Å². The summed E-state index contributed by atoms with van der Waals surface area (Å²) in [5, 5.41) is 6.91. The van der Waals surface area contributed by atoms with Crippen molar-refractivity contribution in [2.75, 3.05) is 31.6 Å². The maximum atomic E-state index is 12.5. The Balaban J connectivity index is 1.45. The van der Waals surface area contributed by atoms with Gasteiger partial charge in [-0.1, -0.05) is 0 Å². The number of ether oxygens (including phenoxy) is 2. The lowest BCUT2D eigenvalue weighted by atomic mass is 9.97. The van der Waals surface area contributed by atoms with Gasteiger partial charge in [-0.05, 0) is 50.0 Å². The zero-order valence-corrected chi connectivity index (χ0v) is 14.7. The monoisotopic (exact) mass is 359 g/mol. The van der Waals surface area contributed by atoms with Crippen LogP contribution >= 0.6 is 11.3 Å². The smallest absolute Gasteiger partial charge is 0.257 e. The van der Waals surface area contributed by atoms with E-state index in [2.05, 4.69) is 15.6 Å². The molecule has 0 saturated carbocycles. The summed E-state index contributed by atoms with van der Waals surface area (Å²) in [6.07, 6.45) is 4.98. The van der Waals surface area contributed by atoms with Gasteiger partial charge in [0.15, 0.2) is 16.6 Å². The van der Waals surface area contributed by atoms with Crippen LogP contribution in [0.1, 0.15) is 40.4 Å². The Hall–Kier alpha value is -2.12. The molecule has 1 aromatic carbocycles. The Morgan fingerprint density at radius 1 is 1.20 bits per heavy atom. The van der Waals surface area contributed by atoms with Crippen molar-refractivity contribution in [2.45, 2.75) is 25.2 Å². The highest BCUT2D eigenvalue weighted by Crippen LogP contribution is 2.33. The first-order valence-electron chi connectivity index (χ1n) is 8.67. The van der Waals surface area contributed by atoms with Gasteiger partial charge in [-0.3, -0.25) is 10.1 Å². The van der Waals surface area contributed by atoms with E-state index < -0.39 is 0 Å². The minimum Gasteiger partial charge on any atom is -0.490 e. The summed E-state index contributed by atoms with van der Waals surface area (Å²) in [7, 11) is 0. The van der Waals surface area contributed by atoms with Gasteiger partial charge in [-0.2, -0.15) is 0 Å². The van der Waals surface area contributed by atoms with E-state index in [0.29, 0.717) is 41.3 Å². The molecule has 1 saturated heterocycles. The third kappa shape index (κ3) is 3.77. The van der Waals surface area contributed by atoms with Crippen LogP contribution in [0.15, 0.2) is 24.4 Å². The highest BCUT2D eigenvalue weighted by molar-refractivity contribution is 7.15. The van der Waals surface area contributed by atoms with Crippen LogP contribution in [-0.2, 0) is 0 Å². The number of rotatable bonds is 3. The van der Waals surface area contributed by atoms with Gasteiger partial charge in [0, 0.05) is 23.1 Å². The highest BCUT2D eigenvalue weighted by Gasteiger charge is 2.19. The summed E-state index contributed by atoms with van der Waals surface area (Å²) < 4.78 is 11.2. The first kappa shape index (κ1) is 16.4. The van der Waals surface area contributed by atoms with Crippen LogP contribution in [0.2, 0.25) is 0 Å². The van der Waals surface area contributed by atoms with E-state index in [1.54, 1.807) is 29.5 Å². The summed E-state index contributed by atoms with van der Waals surface area (Å²) in [5.74, 6) is 1.68. The van der Waals surface area contributed by atoms with E-state index >= 15 is 0 Å². The second kappa shape index (κ2) is 7.41. The van der Waals surface area contributed by atoms with Crippen LogP contribution < -0.4 is 20.1 Å². The molecule has 0 bridgehead atoms. The molecule has 25 heavy (non-hydrogen) atoms. The minimum absolute atomic E-state index is 0.179. The van der Waals surface area contributed by atoms with Crippen LogP contribution in [0.4, 0.5) is 5.13 Å². The average molecular weight is 359 g/mol. The Labute approximate surface area is 150 Å². The van der Waals surface area contributed by atoms with Gasteiger partial charge >= 0.3 is 0 Å². The number of hydrogen-bond acceptors (Lipinski definition) is 6. The van der Waals surface area contributed by atoms with Crippen molar-refractivity contribution in [3.8, 4) is 11.5 Å². The number of aromatic nitrogens is 1. The molecule has 2 aromatic rings. The number of carbonyl (C=O) groups is 1. The van der Waals surface area contributed by atoms with Gasteiger partial charge in [0.1, 0.15) is 0 Å². The lowest BCUT2D eigenvalue weighted by Crippen LogP contribution is -2.26. The molecule has 0 radical (unpaired) electrons. The number of benzene rings is 1. The van der Waals surface area contributed by atoms with Crippen molar-refractivity contribution >= 4 is 22.4 Å². The average Bonchev–Trinajstić information content (AvgIpc) is 2.98. The Morgan fingerprint density at radius 3 is 2.84 bits per heavy atom. The molecule has 2 N–H and O–H groups in total. The van der Waals surface area contributed by atoms with E-state index in [9.17, 15) is 4.79 Å². The number of amides is 1. The fourth-order valence-electron chi connectivity index (χ4n) is 3.11. The Bertz CT molecular complexity index is 756. The topological polar surface area (TPSA) is 72.5 Å². The molecule has 1 amide bonds. The van der Waals surface area contributed by atoms with Gasteiger partial charge in [0.05, 0.1) is 13.2 Å². The zero-order chi connectivity index (χ0) is 17.1. The molecule has 3 heterocycles. The number of hydrogen-bond donors (Lipinski definition) is 2. The summed E-state index contributed by atoms with van der Waals surface area (Å²) in [4.78, 5) is 18.1. The Kier molecular flexibility index (Phi) is 4.85. The number of thiazole rings is 1. The SMILES string of the molecule is O=C(Nc1ncc(C2CCNCC2)s1)c1ccc2c(c1)OCCCO2. The highest BCUT2D eigenvalue weighted by atomic mass is 32.1. The lowest BCUT2D eigenvalue weighted by Gasteiger charge is -2.20. The fourth-order valence-corrected chi connectivity index (χ4v) is 4.09. The molecule has 1 aromatic heterocycles. The van der Waals surface area contributed by atoms with E-state index in [4.69, 9.17) is 9.47 Å². The molecule has 6 nitrogen and oxygen atoms in total. The summed E-state index contributed by atoms with van der Waals surface area (Å²) >= 11 is 1.57. The predicted molar refractivity (Wildman–Crippen MR) is 97.0 cm³/mol. The van der Waals surface area contributed by atoms with Crippen molar-refractivity contribution in [3.63, 3.8) is 0 Å². The third-order valence-corrected chi connectivity index (χ3v) is 5.57. The van der Waals surface area contributed by atoms with Crippen molar-refractivity contribution < 1.29 is 14.3 Å². The number of carbonyl (C=O) groups excluding carboxylic acids is 1. The number of anilines is 1. The van der Waals surface area contributed by atoms with Crippen molar-refractivity contribution in [2.24, 2.45) is 0 Å². The third-order valence-electron chi connectivity index (χ3n) is 4.50.